The zero-order chi connectivity index (χ0) is 33.7. The summed E-state index contributed by atoms with van der Waals surface area (Å²) in [6, 6.07) is -0.842. The number of carbonyl (C=O) groups excluding carboxylic acids is 1. The molecule has 0 spiro atoms. The van der Waals surface area contributed by atoms with Crippen molar-refractivity contribution >= 4 is 13.7 Å². The lowest BCUT2D eigenvalue weighted by Crippen LogP contribution is -2.44. The lowest BCUT2D eigenvalue weighted by molar-refractivity contribution is -0.870. The summed E-state index contributed by atoms with van der Waals surface area (Å²) in [6.07, 6.45) is 33.4. The number of quaternary nitrogens is 1. The van der Waals surface area contributed by atoms with E-state index < -0.39 is 20.0 Å². The Kier molecular flexibility index (Phi) is 28.9. The van der Waals surface area contributed by atoms with Crippen molar-refractivity contribution in [3.63, 3.8) is 0 Å². The van der Waals surface area contributed by atoms with Gasteiger partial charge in [0.1, 0.15) is 13.2 Å². The average Bonchev–Trinajstić information content (AvgIpc) is 2.96. The molecule has 0 saturated carbocycles. The SMILES string of the molecule is CCCCCCCCCCCCCCCCCCCCCCCC/C=C/C(O)C(COP(=O)(O)OCC[N+](C)(C)C)NC(C)=O. The van der Waals surface area contributed by atoms with E-state index in [-0.39, 0.29) is 19.1 Å². The fourth-order valence-corrected chi connectivity index (χ4v) is 6.11. The van der Waals surface area contributed by atoms with Crippen molar-refractivity contribution in [2.45, 2.75) is 174 Å². The van der Waals surface area contributed by atoms with Gasteiger partial charge in [0.2, 0.25) is 5.91 Å². The largest absolute Gasteiger partial charge is 0.472 e. The van der Waals surface area contributed by atoms with E-state index in [9.17, 15) is 19.4 Å². The predicted molar refractivity (Wildman–Crippen MR) is 189 cm³/mol. The Morgan fingerprint density at radius 2 is 1.13 bits per heavy atom. The van der Waals surface area contributed by atoms with Crippen LogP contribution in [0, 0.1) is 0 Å². The highest BCUT2D eigenvalue weighted by atomic mass is 31.2. The maximum absolute atomic E-state index is 12.2. The number of phosphoric acid groups is 1. The van der Waals surface area contributed by atoms with E-state index in [0.717, 1.165) is 19.3 Å². The van der Waals surface area contributed by atoms with Crippen LogP contribution in [-0.2, 0) is 18.4 Å². The van der Waals surface area contributed by atoms with E-state index in [1.807, 2.05) is 27.2 Å². The van der Waals surface area contributed by atoms with Crippen molar-refractivity contribution in [2.24, 2.45) is 0 Å². The van der Waals surface area contributed by atoms with Gasteiger partial charge in [-0.3, -0.25) is 13.8 Å². The first kappa shape index (κ1) is 44.2. The number of nitrogens with zero attached hydrogens (tertiary/aromatic N) is 1. The maximum Gasteiger partial charge on any atom is 0.472 e. The Morgan fingerprint density at radius 1 is 0.733 bits per heavy atom. The minimum atomic E-state index is -4.28. The Morgan fingerprint density at radius 3 is 1.51 bits per heavy atom. The Hall–Kier alpha value is -0.760. The molecule has 3 unspecified atom stereocenters. The number of carbonyl (C=O) groups is 1. The van der Waals surface area contributed by atoms with E-state index in [1.165, 1.54) is 135 Å². The van der Waals surface area contributed by atoms with Crippen LogP contribution in [-0.4, -0.2) is 73.4 Å². The van der Waals surface area contributed by atoms with Gasteiger partial charge in [-0.2, -0.15) is 0 Å². The molecule has 0 rings (SSSR count). The number of likely N-dealkylation sites (N-methyl/N-ethyl adjacent to an activating group) is 1. The molecule has 9 heteroatoms. The van der Waals surface area contributed by atoms with Crippen LogP contribution in [0.3, 0.4) is 0 Å². The lowest BCUT2D eigenvalue weighted by Gasteiger charge is -2.25. The summed E-state index contributed by atoms with van der Waals surface area (Å²) in [5.74, 6) is -0.352. The van der Waals surface area contributed by atoms with Gasteiger partial charge in [0.25, 0.3) is 0 Å². The number of unbranched alkanes of at least 4 members (excludes halogenated alkanes) is 22. The second-order valence-corrected chi connectivity index (χ2v) is 15.5. The van der Waals surface area contributed by atoms with Gasteiger partial charge in [0.05, 0.1) is 39.9 Å². The molecule has 1 amide bonds. The van der Waals surface area contributed by atoms with Gasteiger partial charge < -0.3 is 19.8 Å². The Balaban J connectivity index is 3.73. The van der Waals surface area contributed by atoms with Gasteiger partial charge in [-0.15, -0.1) is 0 Å². The molecule has 8 nitrogen and oxygen atoms in total. The van der Waals surface area contributed by atoms with Crippen LogP contribution in [0.25, 0.3) is 0 Å². The Labute approximate surface area is 278 Å². The van der Waals surface area contributed by atoms with E-state index >= 15 is 0 Å². The molecule has 0 fully saturated rings. The van der Waals surface area contributed by atoms with Crippen LogP contribution in [0.2, 0.25) is 0 Å². The van der Waals surface area contributed by atoms with Crippen molar-refractivity contribution in [1.29, 1.82) is 0 Å². The molecule has 0 aromatic heterocycles. The predicted octanol–water partition coefficient (Wildman–Crippen LogP) is 9.24. The van der Waals surface area contributed by atoms with E-state index in [2.05, 4.69) is 12.2 Å². The fraction of sp³-hybridized carbons (Fsp3) is 0.917. The number of allylic oxidation sites excluding steroid dienone is 1. The molecule has 0 aliphatic carbocycles. The van der Waals surface area contributed by atoms with Gasteiger partial charge in [0, 0.05) is 6.92 Å². The van der Waals surface area contributed by atoms with Gasteiger partial charge >= 0.3 is 7.82 Å². The topological polar surface area (TPSA) is 105 Å². The van der Waals surface area contributed by atoms with Gasteiger partial charge in [-0.05, 0) is 12.8 Å². The molecule has 3 N–H and O–H groups in total. The summed E-state index contributed by atoms with van der Waals surface area (Å²) in [5, 5.41) is 13.1. The minimum Gasteiger partial charge on any atom is -0.387 e. The highest BCUT2D eigenvalue weighted by molar-refractivity contribution is 7.47. The quantitative estimate of drug-likeness (QED) is 0.0280. The zero-order valence-electron chi connectivity index (χ0n) is 30.1. The summed E-state index contributed by atoms with van der Waals surface area (Å²) < 4.78 is 22.8. The maximum atomic E-state index is 12.2. The normalized spacial score (nSPS) is 14.9. The molecule has 0 aromatic rings. The van der Waals surface area contributed by atoms with Crippen molar-refractivity contribution in [2.75, 3.05) is 40.9 Å². The number of aliphatic hydroxyl groups excluding tert-OH is 1. The van der Waals surface area contributed by atoms with Crippen molar-refractivity contribution < 1.29 is 32.9 Å². The number of phosphoric ester groups is 1. The molecule has 0 radical (unpaired) electrons. The van der Waals surface area contributed by atoms with Gasteiger partial charge in [-0.25, -0.2) is 4.57 Å². The molecule has 0 bridgehead atoms. The first-order chi connectivity index (χ1) is 21.5. The average molecular weight is 662 g/mol. The highest BCUT2D eigenvalue weighted by Gasteiger charge is 2.27. The van der Waals surface area contributed by atoms with Crippen LogP contribution in [0.4, 0.5) is 0 Å². The monoisotopic (exact) mass is 662 g/mol. The molecular formula is C36H74N2O6P+. The number of amides is 1. The standard InChI is InChI=1S/C36H73N2O6P/c1-6-7-8-9-10-11-12-13-14-15-16-17-18-19-20-21-22-23-24-25-26-27-28-29-30-36(40)35(37-34(2)39)33-44-45(41,42)43-32-31-38(3,4)5/h29-30,35-36,40H,6-28,31-33H2,1-5H3,(H-,37,39,41,42)/p+1/b30-29+. The second-order valence-electron chi connectivity index (χ2n) is 14.1. The van der Waals surface area contributed by atoms with Crippen LogP contribution in [0.15, 0.2) is 12.2 Å². The smallest absolute Gasteiger partial charge is 0.387 e. The zero-order valence-corrected chi connectivity index (χ0v) is 31.0. The molecule has 268 valence electrons. The lowest BCUT2D eigenvalue weighted by atomic mass is 10.0. The summed E-state index contributed by atoms with van der Waals surface area (Å²) in [7, 11) is 1.56. The van der Waals surface area contributed by atoms with Crippen molar-refractivity contribution in [1.82, 2.24) is 5.32 Å². The third kappa shape index (κ3) is 33.0. The molecule has 0 aliphatic heterocycles. The van der Waals surface area contributed by atoms with E-state index in [0.29, 0.717) is 11.0 Å². The van der Waals surface area contributed by atoms with Crippen LogP contribution < -0.4 is 5.32 Å². The number of nitrogens with one attached hydrogen (secondary N) is 1. The Bertz CT molecular complexity index is 758. The highest BCUT2D eigenvalue weighted by Crippen LogP contribution is 2.43. The molecular weight excluding hydrogens is 587 g/mol. The van der Waals surface area contributed by atoms with E-state index in [4.69, 9.17) is 9.05 Å². The van der Waals surface area contributed by atoms with Crippen LogP contribution in [0.1, 0.15) is 162 Å². The van der Waals surface area contributed by atoms with E-state index in [1.54, 1.807) is 6.08 Å². The summed E-state index contributed by atoms with van der Waals surface area (Å²) in [5.41, 5.74) is 0. The molecule has 0 heterocycles. The van der Waals surface area contributed by atoms with Crippen molar-refractivity contribution in [3.05, 3.63) is 12.2 Å². The third-order valence-corrected chi connectivity index (χ3v) is 9.28. The summed E-state index contributed by atoms with van der Waals surface area (Å²) in [4.78, 5) is 21.5. The molecule has 0 aromatic carbocycles. The molecule has 0 aliphatic rings. The second kappa shape index (κ2) is 29.4. The fourth-order valence-electron chi connectivity index (χ4n) is 5.37. The summed E-state index contributed by atoms with van der Waals surface area (Å²) in [6.45, 7) is 3.88. The number of hydrogen-bond donors (Lipinski definition) is 3. The van der Waals surface area contributed by atoms with Crippen LogP contribution in [0.5, 0.6) is 0 Å². The van der Waals surface area contributed by atoms with Gasteiger partial charge in [-0.1, -0.05) is 154 Å². The third-order valence-electron chi connectivity index (χ3n) is 8.29. The molecule has 45 heavy (non-hydrogen) atoms. The summed E-state index contributed by atoms with van der Waals surface area (Å²) >= 11 is 0. The minimum absolute atomic E-state index is 0.0596. The van der Waals surface area contributed by atoms with Gasteiger partial charge in [0.15, 0.2) is 0 Å². The molecule has 3 atom stereocenters. The first-order valence-electron chi connectivity index (χ1n) is 18.5. The number of aliphatic hydroxyl groups is 1. The number of hydrogen-bond acceptors (Lipinski definition) is 5. The van der Waals surface area contributed by atoms with Crippen molar-refractivity contribution in [3.8, 4) is 0 Å². The first-order valence-corrected chi connectivity index (χ1v) is 20.0. The van der Waals surface area contributed by atoms with Crippen LogP contribution >= 0.6 is 7.82 Å². The molecule has 0 saturated heterocycles. The number of rotatable bonds is 33.